The van der Waals surface area contributed by atoms with Crippen molar-refractivity contribution < 1.29 is 5.11 Å². The largest absolute Gasteiger partial charge is 0.508 e. The van der Waals surface area contributed by atoms with Crippen molar-refractivity contribution in [1.82, 2.24) is 0 Å². The molecule has 2 aromatic rings. The van der Waals surface area contributed by atoms with E-state index in [-0.39, 0.29) is 0 Å². The first-order chi connectivity index (χ1) is 7.24. The van der Waals surface area contributed by atoms with Crippen LogP contribution in [0.15, 0.2) is 36.4 Å². The van der Waals surface area contributed by atoms with Gasteiger partial charge in [-0.2, -0.15) is 0 Å². The maximum Gasteiger partial charge on any atom is 0.119 e. The number of rotatable bonds is 1. The Balaban J connectivity index is 2.88. The molecule has 2 rings (SSSR count). The Kier molecular flexibility index (Phi) is 2.46. The Morgan fingerprint density at radius 1 is 1.13 bits per heavy atom. The lowest BCUT2D eigenvalue weighted by molar-refractivity contribution is 0.472. The van der Waals surface area contributed by atoms with Crippen LogP contribution < -0.4 is 0 Å². The number of aromatic hydroxyl groups is 1. The van der Waals surface area contributed by atoms with Gasteiger partial charge in [-0.3, -0.25) is 0 Å². The van der Waals surface area contributed by atoms with E-state index in [1.807, 2.05) is 50.3 Å². The lowest BCUT2D eigenvalue weighted by atomic mass is 9.99. The highest BCUT2D eigenvalue weighted by molar-refractivity contribution is 5.94. The summed E-state index contributed by atoms with van der Waals surface area (Å²) in [6, 6.07) is 9.95. The number of phenolic OH excluding ortho intramolecular Hbond substituents is 1. The first kappa shape index (κ1) is 9.78. The molecule has 0 aliphatic carbocycles. The van der Waals surface area contributed by atoms with Crippen molar-refractivity contribution in [2.45, 2.75) is 13.8 Å². The first-order valence-electron chi connectivity index (χ1n) is 5.08. The molecule has 0 aliphatic rings. The van der Waals surface area contributed by atoms with Crippen molar-refractivity contribution in [3.8, 4) is 5.75 Å². The van der Waals surface area contributed by atoms with Crippen molar-refractivity contribution in [2.24, 2.45) is 0 Å². The predicted octanol–water partition coefficient (Wildman–Crippen LogP) is 3.89. The fraction of sp³-hybridized carbons (Fsp3) is 0.143. The summed E-state index contributed by atoms with van der Waals surface area (Å²) < 4.78 is 0. The maximum absolute atomic E-state index is 9.79. The molecule has 0 aromatic heterocycles. The molecule has 0 bridgehead atoms. The Hall–Kier alpha value is -1.76. The minimum Gasteiger partial charge on any atom is -0.508 e. The summed E-state index contributed by atoms with van der Waals surface area (Å²) in [5.74, 6) is 0.363. The quantitative estimate of drug-likeness (QED) is 0.737. The van der Waals surface area contributed by atoms with Crippen molar-refractivity contribution in [2.75, 3.05) is 0 Å². The molecule has 0 fully saturated rings. The fourth-order valence-corrected chi connectivity index (χ4v) is 1.85. The van der Waals surface area contributed by atoms with Gasteiger partial charge in [-0.1, -0.05) is 36.4 Å². The summed E-state index contributed by atoms with van der Waals surface area (Å²) >= 11 is 0. The molecule has 0 amide bonds. The van der Waals surface area contributed by atoms with Crippen LogP contribution in [0.4, 0.5) is 0 Å². The van der Waals surface area contributed by atoms with Gasteiger partial charge in [0.05, 0.1) is 0 Å². The van der Waals surface area contributed by atoms with E-state index in [1.165, 1.54) is 5.39 Å². The van der Waals surface area contributed by atoms with E-state index in [2.05, 4.69) is 6.07 Å². The minimum atomic E-state index is 0.363. The molecule has 1 nitrogen and oxygen atoms in total. The summed E-state index contributed by atoms with van der Waals surface area (Å²) in [4.78, 5) is 0. The zero-order valence-corrected chi connectivity index (χ0v) is 8.99. The number of hydrogen-bond acceptors (Lipinski definition) is 1. The molecule has 1 heteroatoms. The zero-order chi connectivity index (χ0) is 10.8. The highest BCUT2D eigenvalue weighted by Crippen LogP contribution is 2.30. The van der Waals surface area contributed by atoms with Crippen LogP contribution in [0.25, 0.3) is 16.8 Å². The molecule has 1 N–H and O–H groups in total. The second-order valence-electron chi connectivity index (χ2n) is 3.66. The lowest BCUT2D eigenvalue weighted by Crippen LogP contribution is -1.83. The molecule has 76 valence electrons. The van der Waals surface area contributed by atoms with Gasteiger partial charge >= 0.3 is 0 Å². The van der Waals surface area contributed by atoms with Crippen LogP contribution in [-0.2, 0) is 0 Å². The average Bonchev–Trinajstić information content (AvgIpc) is 2.26. The number of aryl methyl sites for hydroxylation is 1. The zero-order valence-electron chi connectivity index (χ0n) is 8.99. The van der Waals surface area contributed by atoms with Gasteiger partial charge in [0.15, 0.2) is 0 Å². The van der Waals surface area contributed by atoms with Crippen LogP contribution in [0.3, 0.4) is 0 Å². The number of allylic oxidation sites excluding steroid dienone is 1. The summed E-state index contributed by atoms with van der Waals surface area (Å²) in [6.45, 7) is 3.92. The van der Waals surface area contributed by atoms with E-state index in [0.29, 0.717) is 5.75 Å². The van der Waals surface area contributed by atoms with Crippen molar-refractivity contribution >= 4 is 16.8 Å². The third-order valence-electron chi connectivity index (χ3n) is 2.66. The normalized spacial score (nSPS) is 11.3. The van der Waals surface area contributed by atoms with Crippen LogP contribution in [0.5, 0.6) is 5.75 Å². The third kappa shape index (κ3) is 1.61. The van der Waals surface area contributed by atoms with Crippen LogP contribution in [0.1, 0.15) is 18.1 Å². The Labute approximate surface area is 89.7 Å². The van der Waals surface area contributed by atoms with E-state index in [4.69, 9.17) is 0 Å². The number of benzene rings is 2. The van der Waals surface area contributed by atoms with Crippen molar-refractivity contribution in [3.63, 3.8) is 0 Å². The molecule has 0 aliphatic heterocycles. The monoisotopic (exact) mass is 198 g/mol. The summed E-state index contributed by atoms with van der Waals surface area (Å²) in [5.41, 5.74) is 2.01. The Bertz CT molecular complexity index is 524. The molecule has 0 atom stereocenters. The van der Waals surface area contributed by atoms with Crippen LogP contribution in [0.2, 0.25) is 0 Å². The van der Waals surface area contributed by atoms with Gasteiger partial charge in [0.1, 0.15) is 5.75 Å². The van der Waals surface area contributed by atoms with Crippen molar-refractivity contribution in [3.05, 3.63) is 47.5 Å². The Morgan fingerprint density at radius 2 is 1.80 bits per heavy atom. The van der Waals surface area contributed by atoms with Gasteiger partial charge in [0.25, 0.3) is 0 Å². The summed E-state index contributed by atoms with van der Waals surface area (Å²) in [7, 11) is 0. The summed E-state index contributed by atoms with van der Waals surface area (Å²) in [6.07, 6.45) is 4.00. The highest BCUT2D eigenvalue weighted by Gasteiger charge is 2.05. The van der Waals surface area contributed by atoms with Gasteiger partial charge in [-0.25, -0.2) is 0 Å². The van der Waals surface area contributed by atoms with Gasteiger partial charge in [0.2, 0.25) is 0 Å². The summed E-state index contributed by atoms with van der Waals surface area (Å²) in [5, 5.41) is 12.1. The van der Waals surface area contributed by atoms with Gasteiger partial charge in [-0.05, 0) is 41.8 Å². The van der Waals surface area contributed by atoms with E-state index < -0.39 is 0 Å². The molecule has 0 spiro atoms. The second-order valence-corrected chi connectivity index (χ2v) is 3.66. The number of hydrogen-bond donors (Lipinski definition) is 1. The fourth-order valence-electron chi connectivity index (χ4n) is 1.85. The lowest BCUT2D eigenvalue weighted by Gasteiger charge is -2.07. The maximum atomic E-state index is 9.79. The SMILES string of the molecule is C/C=C/c1cc(O)c(C)c2ccccc12. The molecule has 15 heavy (non-hydrogen) atoms. The molecular weight excluding hydrogens is 184 g/mol. The van der Waals surface area contributed by atoms with Gasteiger partial charge in [-0.15, -0.1) is 0 Å². The molecule has 0 saturated carbocycles. The minimum absolute atomic E-state index is 0.363. The highest BCUT2D eigenvalue weighted by atomic mass is 16.3. The van der Waals surface area contributed by atoms with E-state index in [9.17, 15) is 5.11 Å². The topological polar surface area (TPSA) is 20.2 Å². The van der Waals surface area contributed by atoms with Crippen molar-refractivity contribution in [1.29, 1.82) is 0 Å². The van der Waals surface area contributed by atoms with Gasteiger partial charge < -0.3 is 5.11 Å². The first-order valence-corrected chi connectivity index (χ1v) is 5.08. The smallest absolute Gasteiger partial charge is 0.119 e. The molecule has 0 radical (unpaired) electrons. The van der Waals surface area contributed by atoms with Crippen LogP contribution in [-0.4, -0.2) is 5.11 Å². The molecule has 0 heterocycles. The third-order valence-corrected chi connectivity index (χ3v) is 2.66. The number of phenols is 1. The standard InChI is InChI=1S/C14H14O/c1-3-6-11-9-14(15)10(2)12-7-4-5-8-13(11)12/h3-9,15H,1-2H3/b6-3+. The number of fused-ring (bicyclic) bond motifs is 1. The Morgan fingerprint density at radius 3 is 2.47 bits per heavy atom. The predicted molar refractivity (Wildman–Crippen MR) is 65.1 cm³/mol. The van der Waals surface area contributed by atoms with E-state index in [0.717, 1.165) is 16.5 Å². The second kappa shape index (κ2) is 3.77. The molecular formula is C14H14O. The van der Waals surface area contributed by atoms with Crippen LogP contribution in [0, 0.1) is 6.92 Å². The van der Waals surface area contributed by atoms with Crippen LogP contribution >= 0.6 is 0 Å². The van der Waals surface area contributed by atoms with E-state index >= 15 is 0 Å². The average molecular weight is 198 g/mol. The molecule has 2 aromatic carbocycles. The molecule has 0 unspecified atom stereocenters. The molecule has 0 saturated heterocycles. The van der Waals surface area contributed by atoms with Gasteiger partial charge in [0, 0.05) is 0 Å². The van der Waals surface area contributed by atoms with E-state index in [1.54, 1.807) is 0 Å².